The Balaban J connectivity index is 2.29. The van der Waals surface area contributed by atoms with Gasteiger partial charge in [-0.05, 0) is 0 Å². The van der Waals surface area contributed by atoms with Crippen molar-refractivity contribution in [3.8, 4) is 0 Å². The minimum absolute atomic E-state index is 0.252. The van der Waals surface area contributed by atoms with Crippen LogP contribution in [0.5, 0.6) is 0 Å². The maximum Gasteiger partial charge on any atom is 0.365 e. The van der Waals surface area contributed by atoms with Crippen LogP contribution in [-0.2, 0) is 19.1 Å². The highest BCUT2D eigenvalue weighted by molar-refractivity contribution is 6.39. The number of nitrogens with two attached hydrogens (primary N) is 1. The van der Waals surface area contributed by atoms with Gasteiger partial charge in [-0.2, -0.15) is 0 Å². The first kappa shape index (κ1) is 18.1. The minimum Gasteiger partial charge on any atom is -0.469 e. The van der Waals surface area contributed by atoms with E-state index < -0.39 is 35.2 Å². The summed E-state index contributed by atoms with van der Waals surface area (Å²) in [7, 11) is 2.36. The van der Waals surface area contributed by atoms with Crippen LogP contribution >= 0.6 is 11.6 Å². The number of Topliss-reactive ketones (excluding diaryl/α,β-unsaturated/α-hetero) is 2. The molecule has 1 aromatic carbocycles. The standard InChI is InChI=1S/C16H16ClNO6/c1-23-11(19)7-10(16(22)24-2)18-13-12(17)14(20)8-5-3-4-6-9(8)15(13)21/h3-6,10,12-13,18H,7H2,1-2H3/p+1/t10-,12-,13+/m0/s1. The van der Waals surface area contributed by atoms with Crippen molar-refractivity contribution in [2.45, 2.75) is 23.9 Å². The van der Waals surface area contributed by atoms with Gasteiger partial charge in [0.2, 0.25) is 5.78 Å². The zero-order valence-electron chi connectivity index (χ0n) is 13.2. The molecule has 0 unspecified atom stereocenters. The third-order valence-corrected chi connectivity index (χ3v) is 4.35. The Bertz CT molecular complexity index is 689. The van der Waals surface area contributed by atoms with Crippen LogP contribution in [0.1, 0.15) is 27.1 Å². The highest BCUT2D eigenvalue weighted by Gasteiger charge is 2.45. The first-order chi connectivity index (χ1) is 11.4. The molecule has 0 aromatic heterocycles. The average Bonchev–Trinajstić information content (AvgIpc) is 2.61. The summed E-state index contributed by atoms with van der Waals surface area (Å²) in [6.45, 7) is 0. The molecular weight excluding hydrogens is 338 g/mol. The number of carbonyl (C=O) groups is 4. The molecule has 8 heteroatoms. The molecule has 0 fully saturated rings. The van der Waals surface area contributed by atoms with E-state index in [9.17, 15) is 19.2 Å². The predicted molar refractivity (Wildman–Crippen MR) is 82.9 cm³/mol. The maximum absolute atomic E-state index is 12.6. The van der Waals surface area contributed by atoms with E-state index in [-0.39, 0.29) is 23.3 Å². The van der Waals surface area contributed by atoms with Crippen LogP contribution in [0.2, 0.25) is 0 Å². The largest absolute Gasteiger partial charge is 0.469 e. The molecule has 2 rings (SSSR count). The molecule has 0 heterocycles. The SMILES string of the molecule is COC(=O)C[C@H]([NH2+][C@H]1C(=O)c2ccccc2C(=O)[C@H]1Cl)C(=O)OC. The molecule has 0 radical (unpaired) electrons. The molecular formula is C16H17ClNO6+. The molecule has 0 amide bonds. The van der Waals surface area contributed by atoms with Crippen molar-refractivity contribution in [3.05, 3.63) is 35.4 Å². The summed E-state index contributed by atoms with van der Waals surface area (Å²) in [5.74, 6) is -2.11. The Kier molecular flexibility index (Phi) is 5.69. The lowest BCUT2D eigenvalue weighted by atomic mass is 9.85. The van der Waals surface area contributed by atoms with Crippen LogP contribution in [-0.4, -0.2) is 55.2 Å². The van der Waals surface area contributed by atoms with Crippen LogP contribution in [0.25, 0.3) is 0 Å². The van der Waals surface area contributed by atoms with Crippen LogP contribution in [0.4, 0.5) is 0 Å². The topological polar surface area (TPSA) is 103 Å². The van der Waals surface area contributed by atoms with Gasteiger partial charge in [0.1, 0.15) is 6.42 Å². The lowest BCUT2D eigenvalue weighted by molar-refractivity contribution is -0.695. The van der Waals surface area contributed by atoms with Crippen molar-refractivity contribution >= 4 is 35.1 Å². The lowest BCUT2D eigenvalue weighted by Crippen LogP contribution is -3.00. The molecule has 0 aliphatic heterocycles. The van der Waals surface area contributed by atoms with E-state index in [1.165, 1.54) is 31.7 Å². The van der Waals surface area contributed by atoms with Gasteiger partial charge in [-0.25, -0.2) is 4.79 Å². The molecule has 128 valence electrons. The molecule has 24 heavy (non-hydrogen) atoms. The normalized spacial score (nSPS) is 21.0. The van der Waals surface area contributed by atoms with Crippen molar-refractivity contribution in [3.63, 3.8) is 0 Å². The lowest BCUT2D eigenvalue weighted by Gasteiger charge is -2.27. The number of hydrogen-bond acceptors (Lipinski definition) is 6. The monoisotopic (exact) mass is 354 g/mol. The Hall–Kier alpha value is -2.25. The summed E-state index contributed by atoms with van der Waals surface area (Å²) in [6, 6.07) is 4.30. The second-order valence-electron chi connectivity index (χ2n) is 5.30. The molecule has 0 spiro atoms. The summed E-state index contributed by atoms with van der Waals surface area (Å²) >= 11 is 6.15. The van der Waals surface area contributed by atoms with Gasteiger partial charge in [-0.3, -0.25) is 14.4 Å². The summed E-state index contributed by atoms with van der Waals surface area (Å²) in [6.07, 6.45) is -0.299. The van der Waals surface area contributed by atoms with Gasteiger partial charge in [0, 0.05) is 11.1 Å². The predicted octanol–water partition coefficient (Wildman–Crippen LogP) is -0.290. The van der Waals surface area contributed by atoms with E-state index in [1.807, 2.05) is 0 Å². The van der Waals surface area contributed by atoms with Crippen LogP contribution < -0.4 is 5.32 Å². The fraction of sp³-hybridized carbons (Fsp3) is 0.375. The molecule has 1 aliphatic rings. The van der Waals surface area contributed by atoms with Gasteiger partial charge >= 0.3 is 11.9 Å². The van der Waals surface area contributed by atoms with Crippen molar-refractivity contribution < 1.29 is 34.0 Å². The average molecular weight is 355 g/mol. The van der Waals surface area contributed by atoms with E-state index in [0.717, 1.165) is 0 Å². The molecule has 2 N–H and O–H groups in total. The highest BCUT2D eigenvalue weighted by atomic mass is 35.5. The molecule has 1 aromatic rings. The highest BCUT2D eigenvalue weighted by Crippen LogP contribution is 2.23. The number of fused-ring (bicyclic) bond motifs is 1. The molecule has 0 saturated carbocycles. The molecule has 0 bridgehead atoms. The number of esters is 2. The molecule has 7 nitrogen and oxygen atoms in total. The number of ether oxygens (including phenoxy) is 2. The number of halogens is 1. The van der Waals surface area contributed by atoms with Crippen molar-refractivity contribution in [2.24, 2.45) is 0 Å². The third-order valence-electron chi connectivity index (χ3n) is 3.88. The molecule has 1 aliphatic carbocycles. The second kappa shape index (κ2) is 7.55. The number of carbonyl (C=O) groups excluding carboxylic acids is 4. The van der Waals surface area contributed by atoms with E-state index in [2.05, 4.69) is 9.47 Å². The zero-order chi connectivity index (χ0) is 17.9. The number of quaternary nitrogens is 1. The van der Waals surface area contributed by atoms with E-state index in [4.69, 9.17) is 11.6 Å². The van der Waals surface area contributed by atoms with E-state index in [0.29, 0.717) is 0 Å². The van der Waals surface area contributed by atoms with E-state index in [1.54, 1.807) is 12.1 Å². The zero-order valence-corrected chi connectivity index (χ0v) is 13.9. The van der Waals surface area contributed by atoms with Gasteiger partial charge in [0.25, 0.3) is 0 Å². The fourth-order valence-electron chi connectivity index (χ4n) is 2.62. The summed E-state index contributed by atoms with van der Waals surface area (Å²) in [5, 5.41) is 0.161. The number of methoxy groups -OCH3 is 2. The van der Waals surface area contributed by atoms with E-state index >= 15 is 0 Å². The number of rotatable bonds is 5. The van der Waals surface area contributed by atoms with Gasteiger partial charge in [-0.1, -0.05) is 24.3 Å². The van der Waals surface area contributed by atoms with Gasteiger partial charge in [0.05, 0.1) is 14.2 Å². The fourth-order valence-corrected chi connectivity index (χ4v) is 2.93. The van der Waals surface area contributed by atoms with Gasteiger partial charge < -0.3 is 14.8 Å². The molecule has 0 saturated heterocycles. The van der Waals surface area contributed by atoms with Crippen LogP contribution in [0, 0.1) is 0 Å². The van der Waals surface area contributed by atoms with Crippen LogP contribution in [0.3, 0.4) is 0 Å². The van der Waals surface area contributed by atoms with Crippen LogP contribution in [0.15, 0.2) is 24.3 Å². The Morgan fingerprint density at radius 2 is 1.71 bits per heavy atom. The Morgan fingerprint density at radius 1 is 1.12 bits per heavy atom. The molecule has 3 atom stereocenters. The quantitative estimate of drug-likeness (QED) is 0.575. The van der Waals surface area contributed by atoms with Crippen molar-refractivity contribution in [1.82, 2.24) is 0 Å². The second-order valence-corrected chi connectivity index (χ2v) is 5.77. The van der Waals surface area contributed by atoms with Crippen molar-refractivity contribution in [2.75, 3.05) is 14.2 Å². The summed E-state index contributed by atoms with van der Waals surface area (Å²) in [4.78, 5) is 48.4. The van der Waals surface area contributed by atoms with Crippen molar-refractivity contribution in [1.29, 1.82) is 0 Å². The first-order valence-electron chi connectivity index (χ1n) is 7.21. The number of benzene rings is 1. The summed E-state index contributed by atoms with van der Waals surface area (Å²) < 4.78 is 9.19. The summed E-state index contributed by atoms with van der Waals surface area (Å²) in [5.41, 5.74) is 0.511. The first-order valence-corrected chi connectivity index (χ1v) is 7.65. The maximum atomic E-state index is 12.6. The van der Waals surface area contributed by atoms with Gasteiger partial charge in [0.15, 0.2) is 23.2 Å². The Morgan fingerprint density at radius 3 is 2.25 bits per heavy atom. The smallest absolute Gasteiger partial charge is 0.365 e. The third kappa shape index (κ3) is 3.47. The van der Waals surface area contributed by atoms with Gasteiger partial charge in [-0.15, -0.1) is 11.6 Å². The number of ketones is 2. The number of hydrogen-bond donors (Lipinski definition) is 1. The Labute approximate surface area is 143 Å². The minimum atomic E-state index is -1.14. The number of alkyl halides is 1.